The predicted molar refractivity (Wildman–Crippen MR) is 83.0 cm³/mol. The lowest BCUT2D eigenvalue weighted by Gasteiger charge is -2.22. The first-order valence-corrected chi connectivity index (χ1v) is 6.84. The molecular formula is C17H21NO3. The Kier molecular flexibility index (Phi) is 5.06. The van der Waals surface area contributed by atoms with Gasteiger partial charge in [0.1, 0.15) is 23.4 Å². The smallest absolute Gasteiger partial charge is 0.123 e. The fourth-order valence-corrected chi connectivity index (χ4v) is 2.06. The largest absolute Gasteiger partial charge is 0.497 e. The molecule has 0 aliphatic heterocycles. The number of nitrogens with two attached hydrogens (primary N) is 1. The second-order valence-electron chi connectivity index (χ2n) is 4.80. The van der Waals surface area contributed by atoms with Crippen LogP contribution in [-0.2, 0) is 0 Å². The highest BCUT2D eigenvalue weighted by atomic mass is 16.5. The van der Waals surface area contributed by atoms with Gasteiger partial charge in [-0.1, -0.05) is 18.2 Å². The Labute approximate surface area is 125 Å². The molecule has 2 N–H and O–H groups in total. The van der Waals surface area contributed by atoms with Crippen molar-refractivity contribution in [3.63, 3.8) is 0 Å². The highest BCUT2D eigenvalue weighted by Crippen LogP contribution is 2.24. The summed E-state index contributed by atoms with van der Waals surface area (Å²) in [5.41, 5.74) is 7.26. The van der Waals surface area contributed by atoms with Crippen LogP contribution in [0, 0.1) is 0 Å². The van der Waals surface area contributed by atoms with Crippen molar-refractivity contribution >= 4 is 0 Å². The van der Waals surface area contributed by atoms with E-state index in [1.165, 1.54) is 0 Å². The van der Waals surface area contributed by atoms with Crippen LogP contribution in [-0.4, -0.2) is 20.3 Å². The molecular weight excluding hydrogens is 266 g/mol. The summed E-state index contributed by atoms with van der Waals surface area (Å²) in [4.78, 5) is 0. The van der Waals surface area contributed by atoms with Crippen LogP contribution in [0.1, 0.15) is 18.5 Å². The second kappa shape index (κ2) is 6.99. The lowest BCUT2D eigenvalue weighted by molar-refractivity contribution is 0.190. The van der Waals surface area contributed by atoms with Gasteiger partial charge >= 0.3 is 0 Å². The van der Waals surface area contributed by atoms with Gasteiger partial charge in [-0.2, -0.15) is 0 Å². The van der Waals surface area contributed by atoms with Gasteiger partial charge in [-0.15, -0.1) is 0 Å². The van der Waals surface area contributed by atoms with E-state index in [1.807, 2.05) is 55.5 Å². The van der Waals surface area contributed by atoms with E-state index in [9.17, 15) is 0 Å². The maximum Gasteiger partial charge on any atom is 0.123 e. The highest BCUT2D eigenvalue weighted by molar-refractivity contribution is 5.34. The van der Waals surface area contributed by atoms with Gasteiger partial charge in [-0.3, -0.25) is 0 Å². The van der Waals surface area contributed by atoms with Crippen LogP contribution in [0.3, 0.4) is 0 Å². The molecule has 112 valence electrons. The van der Waals surface area contributed by atoms with Crippen molar-refractivity contribution in [2.75, 3.05) is 14.2 Å². The highest BCUT2D eigenvalue weighted by Gasteiger charge is 2.16. The summed E-state index contributed by atoms with van der Waals surface area (Å²) in [6.07, 6.45) is -0.162. The molecule has 0 radical (unpaired) electrons. The van der Waals surface area contributed by atoms with Crippen LogP contribution >= 0.6 is 0 Å². The molecule has 0 saturated heterocycles. The average molecular weight is 287 g/mol. The molecule has 0 heterocycles. The molecule has 0 amide bonds. The SMILES string of the molecule is COc1ccc(C(N)C(C)Oc2cccc(OC)c2)cc1. The van der Waals surface area contributed by atoms with Crippen molar-refractivity contribution in [3.05, 3.63) is 54.1 Å². The van der Waals surface area contributed by atoms with E-state index in [2.05, 4.69) is 0 Å². The van der Waals surface area contributed by atoms with Gasteiger partial charge in [0.05, 0.1) is 20.3 Å². The van der Waals surface area contributed by atoms with E-state index in [0.29, 0.717) is 0 Å². The Bertz CT molecular complexity index is 569. The van der Waals surface area contributed by atoms with Crippen LogP contribution in [0.25, 0.3) is 0 Å². The van der Waals surface area contributed by atoms with Gasteiger partial charge in [-0.05, 0) is 36.8 Å². The van der Waals surface area contributed by atoms with Gasteiger partial charge < -0.3 is 19.9 Å². The minimum atomic E-state index is -0.220. The Hall–Kier alpha value is -2.20. The third-order valence-electron chi connectivity index (χ3n) is 3.37. The fourth-order valence-electron chi connectivity index (χ4n) is 2.06. The van der Waals surface area contributed by atoms with Crippen molar-refractivity contribution in [1.29, 1.82) is 0 Å². The summed E-state index contributed by atoms with van der Waals surface area (Å²) >= 11 is 0. The third kappa shape index (κ3) is 3.89. The number of methoxy groups -OCH3 is 2. The Morgan fingerprint density at radius 3 is 2.10 bits per heavy atom. The van der Waals surface area contributed by atoms with Crippen molar-refractivity contribution in [2.45, 2.75) is 19.1 Å². The van der Waals surface area contributed by atoms with Gasteiger partial charge in [0, 0.05) is 6.07 Å². The number of ether oxygens (including phenoxy) is 3. The zero-order chi connectivity index (χ0) is 15.2. The molecule has 2 aromatic rings. The van der Waals surface area contributed by atoms with E-state index in [0.717, 1.165) is 22.8 Å². The fraction of sp³-hybridized carbons (Fsp3) is 0.294. The van der Waals surface area contributed by atoms with Gasteiger partial charge in [0.25, 0.3) is 0 Å². The first-order valence-electron chi connectivity index (χ1n) is 6.84. The van der Waals surface area contributed by atoms with E-state index in [1.54, 1.807) is 14.2 Å². The first kappa shape index (κ1) is 15.2. The zero-order valence-corrected chi connectivity index (χ0v) is 12.6. The van der Waals surface area contributed by atoms with Crippen LogP contribution in [0.5, 0.6) is 17.2 Å². The summed E-state index contributed by atoms with van der Waals surface area (Å²) in [5, 5.41) is 0. The van der Waals surface area contributed by atoms with Gasteiger partial charge in [0.2, 0.25) is 0 Å². The molecule has 0 saturated carbocycles. The maximum atomic E-state index is 6.25. The molecule has 0 fully saturated rings. The Balaban J connectivity index is 2.05. The standard InChI is InChI=1S/C17H21NO3/c1-12(21-16-6-4-5-15(11-16)20-3)17(18)13-7-9-14(19-2)10-8-13/h4-12,17H,18H2,1-3H3. The Morgan fingerprint density at radius 2 is 1.48 bits per heavy atom. The maximum absolute atomic E-state index is 6.25. The van der Waals surface area contributed by atoms with Crippen molar-refractivity contribution in [3.8, 4) is 17.2 Å². The number of rotatable bonds is 6. The molecule has 0 aromatic heterocycles. The molecule has 2 rings (SSSR count). The molecule has 2 aromatic carbocycles. The van der Waals surface area contributed by atoms with Gasteiger partial charge in [0.15, 0.2) is 0 Å². The molecule has 0 bridgehead atoms. The topological polar surface area (TPSA) is 53.7 Å². The zero-order valence-electron chi connectivity index (χ0n) is 12.6. The van der Waals surface area contributed by atoms with E-state index in [-0.39, 0.29) is 12.1 Å². The second-order valence-corrected chi connectivity index (χ2v) is 4.80. The van der Waals surface area contributed by atoms with Crippen LogP contribution in [0.4, 0.5) is 0 Å². The van der Waals surface area contributed by atoms with Crippen molar-refractivity contribution < 1.29 is 14.2 Å². The van der Waals surface area contributed by atoms with Gasteiger partial charge in [-0.25, -0.2) is 0 Å². The molecule has 0 aliphatic rings. The van der Waals surface area contributed by atoms with E-state index >= 15 is 0 Å². The molecule has 2 atom stereocenters. The van der Waals surface area contributed by atoms with Crippen LogP contribution in [0.2, 0.25) is 0 Å². The van der Waals surface area contributed by atoms with Crippen LogP contribution in [0.15, 0.2) is 48.5 Å². The third-order valence-corrected chi connectivity index (χ3v) is 3.37. The lowest BCUT2D eigenvalue weighted by atomic mass is 10.0. The number of hydrogen-bond donors (Lipinski definition) is 1. The first-order chi connectivity index (χ1) is 10.1. The molecule has 21 heavy (non-hydrogen) atoms. The molecule has 4 heteroatoms. The number of benzene rings is 2. The minimum absolute atomic E-state index is 0.162. The molecule has 0 aliphatic carbocycles. The molecule has 0 spiro atoms. The summed E-state index contributed by atoms with van der Waals surface area (Å²) < 4.78 is 16.2. The molecule has 4 nitrogen and oxygen atoms in total. The normalized spacial score (nSPS) is 13.3. The quantitative estimate of drug-likeness (QED) is 0.886. The van der Waals surface area contributed by atoms with Crippen molar-refractivity contribution in [1.82, 2.24) is 0 Å². The van der Waals surface area contributed by atoms with Crippen molar-refractivity contribution in [2.24, 2.45) is 5.73 Å². The lowest BCUT2D eigenvalue weighted by Crippen LogP contribution is -2.28. The van der Waals surface area contributed by atoms with E-state index in [4.69, 9.17) is 19.9 Å². The average Bonchev–Trinajstić information content (AvgIpc) is 2.54. The summed E-state index contributed by atoms with van der Waals surface area (Å²) in [7, 11) is 3.27. The minimum Gasteiger partial charge on any atom is -0.497 e. The summed E-state index contributed by atoms with van der Waals surface area (Å²) in [6.45, 7) is 1.95. The predicted octanol–water partition coefficient (Wildman–Crippen LogP) is 3.17. The van der Waals surface area contributed by atoms with E-state index < -0.39 is 0 Å². The number of hydrogen-bond acceptors (Lipinski definition) is 4. The Morgan fingerprint density at radius 1 is 0.857 bits per heavy atom. The molecule has 2 unspecified atom stereocenters. The summed E-state index contributed by atoms with van der Waals surface area (Å²) in [6, 6.07) is 15.0. The monoisotopic (exact) mass is 287 g/mol. The summed E-state index contributed by atoms with van der Waals surface area (Å²) in [5.74, 6) is 2.32. The van der Waals surface area contributed by atoms with Crippen LogP contribution < -0.4 is 19.9 Å².